The van der Waals surface area contributed by atoms with Crippen LogP contribution in [0.5, 0.6) is 0 Å². The molecule has 0 amide bonds. The van der Waals surface area contributed by atoms with E-state index in [-0.39, 0.29) is 35.1 Å². The van der Waals surface area contributed by atoms with Crippen molar-refractivity contribution < 1.29 is 51.7 Å². The Morgan fingerprint density at radius 2 is 1.95 bits per heavy atom. The third-order valence-corrected chi connectivity index (χ3v) is 3.40. The van der Waals surface area contributed by atoms with E-state index < -0.39 is 21.7 Å². The molecule has 0 saturated carbocycles. The summed E-state index contributed by atoms with van der Waals surface area (Å²) < 4.78 is 50.7. The molecule has 1 aromatic carbocycles. The van der Waals surface area contributed by atoms with Gasteiger partial charge in [-0.2, -0.15) is 0 Å². The predicted octanol–water partition coefficient (Wildman–Crippen LogP) is -2.29. The maximum absolute atomic E-state index is 13.4. The smallest absolute Gasteiger partial charge is 0.748 e. The van der Waals surface area contributed by atoms with E-state index in [1.54, 1.807) is 6.07 Å². The molecule has 0 bridgehead atoms. The molecule has 1 aliphatic rings. The van der Waals surface area contributed by atoms with E-state index in [2.05, 4.69) is 0 Å². The third kappa shape index (κ3) is 5.02. The molecule has 0 radical (unpaired) electrons. The number of anilines is 1. The Balaban J connectivity index is 0.00000180. The van der Waals surface area contributed by atoms with Crippen molar-refractivity contribution in [1.29, 1.82) is 0 Å². The molecule has 100 valence electrons. The zero-order chi connectivity index (χ0) is 13.2. The summed E-state index contributed by atoms with van der Waals surface area (Å²) in [5.74, 6) is -1.50. The van der Waals surface area contributed by atoms with Crippen LogP contribution < -0.4 is 34.5 Å². The van der Waals surface area contributed by atoms with Gasteiger partial charge in [0.15, 0.2) is 0 Å². The first-order valence-corrected chi connectivity index (χ1v) is 7.08. The molecule has 1 aliphatic heterocycles. The van der Waals surface area contributed by atoms with Gasteiger partial charge < -0.3 is 14.2 Å². The van der Waals surface area contributed by atoms with E-state index in [1.165, 1.54) is 12.1 Å². The van der Waals surface area contributed by atoms with Gasteiger partial charge in [0.25, 0.3) is 0 Å². The van der Waals surface area contributed by atoms with Gasteiger partial charge in [-0.05, 0) is 18.2 Å². The average Bonchev–Trinajstić information content (AvgIpc) is 2.31. The van der Waals surface area contributed by atoms with Crippen molar-refractivity contribution in [2.24, 2.45) is 0 Å². The fourth-order valence-electron chi connectivity index (χ4n) is 1.88. The summed E-state index contributed by atoms with van der Waals surface area (Å²) in [5.41, 5.74) is 0.618. The van der Waals surface area contributed by atoms with Crippen molar-refractivity contribution in [3.8, 4) is 0 Å². The number of morpholine rings is 1. The molecule has 8 heteroatoms. The van der Waals surface area contributed by atoms with E-state index in [0.717, 1.165) is 0 Å². The zero-order valence-electron chi connectivity index (χ0n) is 10.6. The Bertz CT molecular complexity index is 531. The second-order valence-corrected chi connectivity index (χ2v) is 5.48. The molecule has 0 spiro atoms. The van der Waals surface area contributed by atoms with E-state index in [9.17, 15) is 17.4 Å². The molecule has 1 saturated heterocycles. The molecule has 0 unspecified atom stereocenters. The molecule has 0 aromatic heterocycles. The minimum atomic E-state index is -4.48. The van der Waals surface area contributed by atoms with Gasteiger partial charge in [0.1, 0.15) is 5.82 Å². The first-order chi connectivity index (χ1) is 8.46. The fourth-order valence-corrected chi connectivity index (χ4v) is 2.48. The number of ether oxygens (including phenoxy) is 1. The van der Waals surface area contributed by atoms with E-state index in [4.69, 9.17) is 4.74 Å². The second-order valence-electron chi connectivity index (χ2n) is 4.08. The Labute approximate surface area is 133 Å². The molecular formula is C11H13FNNaO4S. The summed E-state index contributed by atoms with van der Waals surface area (Å²) in [7, 11) is -4.48. The first-order valence-electron chi connectivity index (χ1n) is 5.50. The van der Waals surface area contributed by atoms with Crippen LogP contribution in [0, 0.1) is 5.82 Å². The number of nitrogens with zero attached hydrogens (tertiary/aromatic N) is 1. The number of hydrogen-bond acceptors (Lipinski definition) is 5. The summed E-state index contributed by atoms with van der Waals surface area (Å²) in [5, 5.41) is 0. The van der Waals surface area contributed by atoms with Crippen molar-refractivity contribution in [2.45, 2.75) is 5.75 Å². The standard InChI is InChI=1S/C11H14FNO4S.Na/c12-11-2-1-10(13-3-5-17-6-4-13)7-9(11)8-18(14,15)16;/h1-2,7H,3-6,8H2,(H,14,15,16);/q;+1/p-1. The van der Waals surface area contributed by atoms with E-state index in [0.29, 0.717) is 32.0 Å². The minimum absolute atomic E-state index is 0. The molecule has 2 rings (SSSR count). The zero-order valence-corrected chi connectivity index (χ0v) is 13.5. The summed E-state index contributed by atoms with van der Waals surface area (Å²) >= 11 is 0. The predicted molar refractivity (Wildman–Crippen MR) is 62.8 cm³/mol. The van der Waals surface area contributed by atoms with Gasteiger partial charge in [-0.25, -0.2) is 12.8 Å². The van der Waals surface area contributed by atoms with Gasteiger partial charge in [-0.3, -0.25) is 0 Å². The second kappa shape index (κ2) is 7.01. The SMILES string of the molecule is O=S(=O)([O-])Cc1cc(N2CCOCC2)ccc1F.[Na+]. The minimum Gasteiger partial charge on any atom is -0.748 e. The van der Waals surface area contributed by atoms with E-state index in [1.807, 2.05) is 4.90 Å². The normalized spacial score (nSPS) is 16.0. The van der Waals surface area contributed by atoms with Crippen LogP contribution in [-0.2, 0) is 20.6 Å². The molecule has 5 nitrogen and oxygen atoms in total. The number of hydrogen-bond donors (Lipinski definition) is 0. The molecule has 0 atom stereocenters. The number of rotatable bonds is 3. The van der Waals surface area contributed by atoms with Crippen molar-refractivity contribution in [3.63, 3.8) is 0 Å². The van der Waals surface area contributed by atoms with Crippen LogP contribution in [0.25, 0.3) is 0 Å². The fraction of sp³-hybridized carbons (Fsp3) is 0.455. The van der Waals surface area contributed by atoms with Gasteiger partial charge in [0, 0.05) is 24.3 Å². The van der Waals surface area contributed by atoms with Crippen molar-refractivity contribution in [3.05, 3.63) is 29.6 Å². The van der Waals surface area contributed by atoms with Crippen molar-refractivity contribution in [1.82, 2.24) is 0 Å². The monoisotopic (exact) mass is 297 g/mol. The quantitative estimate of drug-likeness (QED) is 0.464. The summed E-state index contributed by atoms with van der Waals surface area (Å²) in [6.45, 7) is 2.48. The maximum Gasteiger partial charge on any atom is 1.00 e. The van der Waals surface area contributed by atoms with Crippen LogP contribution in [-0.4, -0.2) is 39.3 Å². The maximum atomic E-state index is 13.4. The van der Waals surface area contributed by atoms with Gasteiger partial charge in [0.05, 0.1) is 29.1 Å². The molecule has 0 N–H and O–H groups in total. The van der Waals surface area contributed by atoms with Crippen molar-refractivity contribution >= 4 is 15.8 Å². The van der Waals surface area contributed by atoms with Gasteiger partial charge >= 0.3 is 29.6 Å². The number of halogens is 1. The molecule has 1 aromatic rings. The van der Waals surface area contributed by atoms with Gasteiger partial charge in [-0.1, -0.05) is 0 Å². The molecule has 1 fully saturated rings. The summed E-state index contributed by atoms with van der Waals surface area (Å²) in [6, 6.07) is 4.17. The van der Waals surface area contributed by atoms with Crippen LogP contribution >= 0.6 is 0 Å². The first kappa shape index (κ1) is 16.9. The molecule has 1 heterocycles. The summed E-state index contributed by atoms with van der Waals surface area (Å²) in [4.78, 5) is 1.96. The average molecular weight is 297 g/mol. The largest absolute Gasteiger partial charge is 1.00 e. The summed E-state index contributed by atoms with van der Waals surface area (Å²) in [6.07, 6.45) is 0. The van der Waals surface area contributed by atoms with E-state index >= 15 is 0 Å². The van der Waals surface area contributed by atoms with Crippen LogP contribution in [0.15, 0.2) is 18.2 Å². The molecular weight excluding hydrogens is 284 g/mol. The van der Waals surface area contributed by atoms with Crippen LogP contribution in [0.1, 0.15) is 5.56 Å². The Hall–Kier alpha value is -0.180. The topological polar surface area (TPSA) is 69.7 Å². The Kier molecular flexibility index (Phi) is 6.22. The van der Waals surface area contributed by atoms with Crippen LogP contribution in [0.2, 0.25) is 0 Å². The van der Waals surface area contributed by atoms with Crippen LogP contribution in [0.4, 0.5) is 10.1 Å². The Morgan fingerprint density at radius 3 is 2.53 bits per heavy atom. The van der Waals surface area contributed by atoms with Gasteiger partial charge in [0.2, 0.25) is 0 Å². The molecule has 0 aliphatic carbocycles. The number of benzene rings is 1. The third-order valence-electron chi connectivity index (χ3n) is 2.74. The van der Waals surface area contributed by atoms with Crippen LogP contribution in [0.3, 0.4) is 0 Å². The Morgan fingerprint density at radius 1 is 1.32 bits per heavy atom. The van der Waals surface area contributed by atoms with Gasteiger partial charge in [-0.15, -0.1) is 0 Å². The van der Waals surface area contributed by atoms with Crippen molar-refractivity contribution in [2.75, 3.05) is 31.2 Å². The molecule has 19 heavy (non-hydrogen) atoms.